The van der Waals surface area contributed by atoms with E-state index < -0.39 is 23.6 Å². The first kappa shape index (κ1) is 22.7. The Labute approximate surface area is 199 Å². The molecule has 0 saturated carbocycles. The number of ether oxygens (including phenoxy) is 2. The van der Waals surface area contributed by atoms with E-state index in [1.807, 2.05) is 36.4 Å². The monoisotopic (exact) mass is 482 g/mol. The molecule has 0 atom stereocenters. The minimum absolute atomic E-state index is 0.218. The lowest BCUT2D eigenvalue weighted by atomic mass is 10.0. The van der Waals surface area contributed by atoms with Crippen LogP contribution >= 0.6 is 23.4 Å². The van der Waals surface area contributed by atoms with Crippen molar-refractivity contribution in [2.45, 2.75) is 0 Å². The van der Waals surface area contributed by atoms with Crippen molar-refractivity contribution in [3.8, 4) is 11.5 Å². The molecule has 9 heteroatoms. The lowest BCUT2D eigenvalue weighted by Gasteiger charge is -2.13. The van der Waals surface area contributed by atoms with E-state index >= 15 is 0 Å². The molecule has 0 unspecified atom stereocenters. The van der Waals surface area contributed by atoms with Crippen LogP contribution in [0.3, 0.4) is 0 Å². The van der Waals surface area contributed by atoms with Gasteiger partial charge in [0.25, 0.3) is 11.1 Å². The van der Waals surface area contributed by atoms with Crippen molar-refractivity contribution in [2.24, 2.45) is 0 Å². The van der Waals surface area contributed by atoms with Gasteiger partial charge in [-0.15, -0.1) is 0 Å². The Morgan fingerprint density at radius 3 is 2.52 bits per heavy atom. The van der Waals surface area contributed by atoms with Gasteiger partial charge in [0.1, 0.15) is 18.0 Å². The summed E-state index contributed by atoms with van der Waals surface area (Å²) in [5.74, 6) is -0.0188. The SMILES string of the molecule is COc1ccc(NC(=O)CN2C(=O)S/C(=C/c3c(OC)ccc4ccccc34)C2=O)cc1Cl. The van der Waals surface area contributed by atoms with Crippen LogP contribution in [0.4, 0.5) is 10.5 Å². The van der Waals surface area contributed by atoms with Crippen LogP contribution in [0.1, 0.15) is 5.56 Å². The molecule has 0 radical (unpaired) electrons. The van der Waals surface area contributed by atoms with Crippen LogP contribution in [-0.4, -0.2) is 42.7 Å². The molecule has 3 aromatic carbocycles. The summed E-state index contributed by atoms with van der Waals surface area (Å²) in [6, 6.07) is 16.2. The van der Waals surface area contributed by atoms with E-state index in [1.54, 1.807) is 25.3 Å². The van der Waals surface area contributed by atoms with Gasteiger partial charge in [-0.05, 0) is 52.9 Å². The molecule has 1 heterocycles. The van der Waals surface area contributed by atoms with Crippen molar-refractivity contribution in [1.82, 2.24) is 4.90 Å². The first-order chi connectivity index (χ1) is 15.9. The van der Waals surface area contributed by atoms with E-state index in [2.05, 4.69) is 5.32 Å². The van der Waals surface area contributed by atoms with Gasteiger partial charge in [-0.2, -0.15) is 0 Å². The number of rotatable bonds is 6. The van der Waals surface area contributed by atoms with Crippen molar-refractivity contribution in [2.75, 3.05) is 26.1 Å². The number of amides is 3. The molecule has 3 aromatic rings. The summed E-state index contributed by atoms with van der Waals surface area (Å²) < 4.78 is 10.5. The fourth-order valence-electron chi connectivity index (χ4n) is 3.46. The number of anilines is 1. The summed E-state index contributed by atoms with van der Waals surface area (Å²) in [6.07, 6.45) is 1.63. The number of hydrogen-bond acceptors (Lipinski definition) is 6. The predicted molar refractivity (Wildman–Crippen MR) is 130 cm³/mol. The lowest BCUT2D eigenvalue weighted by molar-refractivity contribution is -0.127. The second-order valence-corrected chi connectivity index (χ2v) is 8.47. The Kier molecular flexibility index (Phi) is 6.57. The second-order valence-electron chi connectivity index (χ2n) is 7.07. The Balaban J connectivity index is 1.55. The third-order valence-electron chi connectivity index (χ3n) is 5.04. The maximum absolute atomic E-state index is 12.9. The number of carbonyl (C=O) groups is 3. The highest BCUT2D eigenvalue weighted by atomic mass is 35.5. The van der Waals surface area contributed by atoms with Gasteiger partial charge in [0, 0.05) is 11.3 Å². The first-order valence-electron chi connectivity index (χ1n) is 9.85. The molecule has 1 N–H and O–H groups in total. The van der Waals surface area contributed by atoms with Gasteiger partial charge in [0.2, 0.25) is 5.91 Å². The molecule has 33 heavy (non-hydrogen) atoms. The Hall–Kier alpha value is -3.49. The Bertz CT molecular complexity index is 1310. The van der Waals surface area contributed by atoms with E-state index in [1.165, 1.54) is 13.2 Å². The van der Waals surface area contributed by atoms with Crippen LogP contribution in [-0.2, 0) is 9.59 Å². The molecule has 0 bridgehead atoms. The van der Waals surface area contributed by atoms with Gasteiger partial charge in [0.05, 0.1) is 24.1 Å². The molecule has 0 aromatic heterocycles. The molecule has 3 amide bonds. The number of hydrogen-bond donors (Lipinski definition) is 1. The van der Waals surface area contributed by atoms with Crippen LogP contribution in [0, 0.1) is 0 Å². The summed E-state index contributed by atoms with van der Waals surface area (Å²) in [5.41, 5.74) is 1.12. The summed E-state index contributed by atoms with van der Waals surface area (Å²) in [7, 11) is 3.03. The molecular formula is C24H19ClN2O5S. The van der Waals surface area contributed by atoms with Crippen molar-refractivity contribution < 1.29 is 23.9 Å². The number of carbonyl (C=O) groups excluding carboxylic acids is 3. The summed E-state index contributed by atoms with van der Waals surface area (Å²) >= 11 is 6.86. The smallest absolute Gasteiger partial charge is 0.294 e. The van der Waals surface area contributed by atoms with Gasteiger partial charge in [-0.3, -0.25) is 19.3 Å². The largest absolute Gasteiger partial charge is 0.496 e. The molecule has 0 spiro atoms. The van der Waals surface area contributed by atoms with Gasteiger partial charge in [-0.1, -0.05) is 41.9 Å². The van der Waals surface area contributed by atoms with Crippen LogP contribution in [0.5, 0.6) is 11.5 Å². The van der Waals surface area contributed by atoms with E-state index in [0.717, 1.165) is 27.4 Å². The van der Waals surface area contributed by atoms with E-state index in [-0.39, 0.29) is 4.91 Å². The average molecular weight is 483 g/mol. The van der Waals surface area contributed by atoms with E-state index in [0.29, 0.717) is 27.8 Å². The molecule has 1 aliphatic rings. The molecule has 1 saturated heterocycles. The minimum Gasteiger partial charge on any atom is -0.496 e. The molecular weight excluding hydrogens is 464 g/mol. The minimum atomic E-state index is -0.539. The van der Waals surface area contributed by atoms with Gasteiger partial charge in [0.15, 0.2) is 0 Å². The standard InChI is InChI=1S/C24H19ClN2O5S/c1-31-19-9-7-14-5-3-4-6-16(14)17(19)12-21-23(29)27(24(30)33-21)13-22(28)26-15-8-10-20(32-2)18(25)11-15/h3-12H,13H2,1-2H3,(H,26,28)/b21-12+. The zero-order chi connectivity index (χ0) is 23.5. The number of methoxy groups -OCH3 is 2. The Morgan fingerprint density at radius 1 is 1.06 bits per heavy atom. The van der Waals surface area contributed by atoms with Crippen molar-refractivity contribution in [3.63, 3.8) is 0 Å². The lowest BCUT2D eigenvalue weighted by Crippen LogP contribution is -2.36. The number of benzene rings is 3. The third-order valence-corrected chi connectivity index (χ3v) is 6.24. The molecule has 0 aliphatic carbocycles. The number of nitrogens with one attached hydrogen (secondary N) is 1. The Morgan fingerprint density at radius 2 is 1.79 bits per heavy atom. The van der Waals surface area contributed by atoms with Crippen molar-refractivity contribution in [1.29, 1.82) is 0 Å². The molecule has 7 nitrogen and oxygen atoms in total. The van der Waals surface area contributed by atoms with Gasteiger partial charge >= 0.3 is 0 Å². The zero-order valence-corrected chi connectivity index (χ0v) is 19.3. The number of nitrogens with zero attached hydrogens (tertiary/aromatic N) is 1. The quantitative estimate of drug-likeness (QED) is 0.487. The molecule has 4 rings (SSSR count). The maximum Gasteiger partial charge on any atom is 0.294 e. The van der Waals surface area contributed by atoms with Crippen molar-refractivity contribution in [3.05, 3.63) is 70.1 Å². The number of halogens is 1. The topological polar surface area (TPSA) is 84.9 Å². The van der Waals surface area contributed by atoms with Crippen LogP contribution < -0.4 is 14.8 Å². The molecule has 1 fully saturated rings. The highest BCUT2D eigenvalue weighted by molar-refractivity contribution is 8.18. The first-order valence-corrected chi connectivity index (χ1v) is 11.0. The third kappa shape index (κ3) is 4.67. The van der Waals surface area contributed by atoms with Crippen molar-refractivity contribution >= 4 is 63.0 Å². The van der Waals surface area contributed by atoms with Crippen LogP contribution in [0.15, 0.2) is 59.5 Å². The van der Waals surface area contributed by atoms with E-state index in [9.17, 15) is 14.4 Å². The van der Waals surface area contributed by atoms with Crippen LogP contribution in [0.2, 0.25) is 5.02 Å². The highest BCUT2D eigenvalue weighted by Gasteiger charge is 2.36. The summed E-state index contributed by atoms with van der Waals surface area (Å²) in [6.45, 7) is -0.418. The van der Waals surface area contributed by atoms with Gasteiger partial charge < -0.3 is 14.8 Å². The number of imide groups is 1. The normalized spacial score (nSPS) is 14.8. The highest BCUT2D eigenvalue weighted by Crippen LogP contribution is 2.36. The molecule has 168 valence electrons. The average Bonchev–Trinajstić information content (AvgIpc) is 3.06. The molecule has 1 aliphatic heterocycles. The van der Waals surface area contributed by atoms with E-state index in [4.69, 9.17) is 21.1 Å². The second kappa shape index (κ2) is 9.56. The zero-order valence-electron chi connectivity index (χ0n) is 17.8. The van der Waals surface area contributed by atoms with Crippen LogP contribution in [0.25, 0.3) is 16.8 Å². The summed E-state index contributed by atoms with van der Waals surface area (Å²) in [4.78, 5) is 39.1. The van der Waals surface area contributed by atoms with Gasteiger partial charge in [-0.25, -0.2) is 0 Å². The number of thioether (sulfide) groups is 1. The maximum atomic E-state index is 12.9. The fraction of sp³-hybridized carbons (Fsp3) is 0.125. The number of fused-ring (bicyclic) bond motifs is 1. The fourth-order valence-corrected chi connectivity index (χ4v) is 4.54. The summed E-state index contributed by atoms with van der Waals surface area (Å²) in [5, 5.41) is 4.30. The predicted octanol–water partition coefficient (Wildman–Crippen LogP) is 5.19.